The van der Waals surface area contributed by atoms with Crippen molar-refractivity contribution in [2.45, 2.75) is 31.3 Å². The minimum Gasteiger partial charge on any atom is -0.466 e. The van der Waals surface area contributed by atoms with E-state index in [-0.39, 0.29) is 24.7 Å². The van der Waals surface area contributed by atoms with Crippen LogP contribution in [0, 0.1) is 0 Å². The van der Waals surface area contributed by atoms with Crippen LogP contribution in [-0.4, -0.2) is 35.8 Å². The number of aromatic amines is 1. The summed E-state index contributed by atoms with van der Waals surface area (Å²) in [5, 5.41) is 14.8. The molecule has 3 N–H and O–H groups in total. The van der Waals surface area contributed by atoms with Gasteiger partial charge in [-0.1, -0.05) is 36.4 Å². The number of fused-ring (bicyclic) bond motifs is 2. The number of esters is 1. The first kappa shape index (κ1) is 19.4. The molecule has 0 saturated carbocycles. The number of carbonyl (C=O) groups excluding carboxylic acids is 1. The number of aliphatic hydroxyl groups excluding tert-OH is 1. The number of methoxy groups -OCH3 is 1. The van der Waals surface area contributed by atoms with Crippen LogP contribution in [0.3, 0.4) is 0 Å². The number of carbonyl (C=O) groups is 1. The van der Waals surface area contributed by atoms with Crippen LogP contribution in [0.15, 0.2) is 54.7 Å². The van der Waals surface area contributed by atoms with Gasteiger partial charge >= 0.3 is 5.97 Å². The van der Waals surface area contributed by atoms with Crippen molar-refractivity contribution in [3.05, 3.63) is 77.0 Å². The van der Waals surface area contributed by atoms with E-state index in [1.54, 1.807) is 6.08 Å². The van der Waals surface area contributed by atoms with Gasteiger partial charge in [-0.2, -0.15) is 0 Å². The van der Waals surface area contributed by atoms with Crippen LogP contribution in [0.5, 0.6) is 0 Å². The molecule has 0 aliphatic heterocycles. The summed E-state index contributed by atoms with van der Waals surface area (Å²) in [4.78, 5) is 14.6. The SMILES string of the molecule is COC(=O)/C=C/c1ccc2c(c1)CC[C@@H]2N[C@@H](CO)Cc1c[nH]c2ccccc12. The first-order valence-electron chi connectivity index (χ1n) is 9.98. The largest absolute Gasteiger partial charge is 0.466 e. The molecule has 3 aromatic rings. The highest BCUT2D eigenvalue weighted by Crippen LogP contribution is 2.33. The van der Waals surface area contributed by atoms with Crippen molar-refractivity contribution in [3.63, 3.8) is 0 Å². The highest BCUT2D eigenvalue weighted by atomic mass is 16.5. The van der Waals surface area contributed by atoms with Crippen molar-refractivity contribution in [1.82, 2.24) is 10.3 Å². The number of rotatable bonds is 7. The summed E-state index contributed by atoms with van der Waals surface area (Å²) in [6.45, 7) is 0.0886. The molecule has 5 heteroatoms. The Morgan fingerprint density at radius 1 is 1.34 bits per heavy atom. The third kappa shape index (κ3) is 4.26. The zero-order valence-corrected chi connectivity index (χ0v) is 16.5. The summed E-state index contributed by atoms with van der Waals surface area (Å²) in [5.74, 6) is -0.354. The van der Waals surface area contributed by atoms with Crippen LogP contribution in [0.1, 0.15) is 34.7 Å². The van der Waals surface area contributed by atoms with E-state index in [0.29, 0.717) is 0 Å². The summed E-state index contributed by atoms with van der Waals surface area (Å²) < 4.78 is 4.65. The quantitative estimate of drug-likeness (QED) is 0.426. The molecule has 2 atom stereocenters. The molecule has 0 spiro atoms. The number of hydrogen-bond acceptors (Lipinski definition) is 4. The van der Waals surface area contributed by atoms with E-state index in [4.69, 9.17) is 0 Å². The average Bonchev–Trinajstić information content (AvgIpc) is 3.35. The maximum Gasteiger partial charge on any atom is 0.330 e. The van der Waals surface area contributed by atoms with Crippen molar-refractivity contribution < 1.29 is 14.6 Å². The average molecular weight is 390 g/mol. The number of nitrogens with one attached hydrogen (secondary N) is 2. The zero-order valence-electron chi connectivity index (χ0n) is 16.5. The Kier molecular flexibility index (Phi) is 5.79. The Morgan fingerprint density at radius 2 is 2.21 bits per heavy atom. The van der Waals surface area contributed by atoms with Gasteiger partial charge in [-0.3, -0.25) is 0 Å². The van der Waals surface area contributed by atoms with Crippen molar-refractivity contribution in [2.24, 2.45) is 0 Å². The summed E-state index contributed by atoms with van der Waals surface area (Å²) >= 11 is 0. The number of aliphatic hydroxyl groups is 1. The van der Waals surface area contributed by atoms with E-state index in [1.165, 1.54) is 35.3 Å². The monoisotopic (exact) mass is 390 g/mol. The number of ether oxygens (including phenoxy) is 1. The van der Waals surface area contributed by atoms with Gasteiger partial charge in [0.2, 0.25) is 0 Å². The summed E-state index contributed by atoms with van der Waals surface area (Å²) in [6, 6.07) is 14.7. The Labute approximate surface area is 170 Å². The number of aryl methyl sites for hydroxylation is 1. The van der Waals surface area contributed by atoms with Gasteiger partial charge in [-0.25, -0.2) is 4.79 Å². The maximum atomic E-state index is 11.3. The molecule has 1 aliphatic rings. The second-order valence-electron chi connectivity index (χ2n) is 7.52. The molecule has 0 bridgehead atoms. The van der Waals surface area contributed by atoms with Gasteiger partial charge in [0.25, 0.3) is 0 Å². The Hall–Kier alpha value is -2.89. The fourth-order valence-electron chi connectivity index (χ4n) is 4.17. The van der Waals surface area contributed by atoms with Gasteiger partial charge in [-0.15, -0.1) is 0 Å². The third-order valence-electron chi connectivity index (χ3n) is 5.66. The molecule has 2 aromatic carbocycles. The van der Waals surface area contributed by atoms with Crippen LogP contribution in [0.2, 0.25) is 0 Å². The molecule has 0 saturated heterocycles. The standard InChI is InChI=1S/C24H26N2O3/c1-29-24(28)11-7-16-6-9-21-17(12-16)8-10-23(21)26-19(15-27)13-18-14-25-22-5-3-2-4-20(18)22/h2-7,9,11-12,14,19,23,25-27H,8,10,13,15H2,1H3/b11-7+/t19-,23+/m1/s1. The van der Waals surface area contributed by atoms with Gasteiger partial charge in [0.1, 0.15) is 0 Å². The van der Waals surface area contributed by atoms with E-state index in [2.05, 4.69) is 39.3 Å². The van der Waals surface area contributed by atoms with Crippen molar-refractivity contribution in [1.29, 1.82) is 0 Å². The van der Waals surface area contributed by atoms with Crippen molar-refractivity contribution in [3.8, 4) is 0 Å². The lowest BCUT2D eigenvalue weighted by Crippen LogP contribution is -2.36. The Morgan fingerprint density at radius 3 is 3.03 bits per heavy atom. The maximum absolute atomic E-state index is 11.3. The lowest BCUT2D eigenvalue weighted by Gasteiger charge is -2.22. The molecule has 1 heterocycles. The van der Waals surface area contributed by atoms with Crippen LogP contribution in [-0.2, 0) is 22.4 Å². The van der Waals surface area contributed by atoms with Gasteiger partial charge in [0, 0.05) is 35.3 Å². The van der Waals surface area contributed by atoms with Crippen LogP contribution in [0.4, 0.5) is 0 Å². The summed E-state index contributed by atoms with van der Waals surface area (Å²) in [6.07, 6.45) is 8.02. The highest BCUT2D eigenvalue weighted by molar-refractivity contribution is 5.87. The van der Waals surface area contributed by atoms with E-state index in [9.17, 15) is 9.90 Å². The third-order valence-corrected chi connectivity index (χ3v) is 5.66. The van der Waals surface area contributed by atoms with E-state index in [1.807, 2.05) is 24.4 Å². The second kappa shape index (κ2) is 8.64. The summed E-state index contributed by atoms with van der Waals surface area (Å²) in [5.41, 5.74) is 5.90. The highest BCUT2D eigenvalue weighted by Gasteiger charge is 2.25. The van der Waals surface area contributed by atoms with Crippen LogP contribution >= 0.6 is 0 Å². The van der Waals surface area contributed by atoms with E-state index >= 15 is 0 Å². The molecule has 4 rings (SSSR count). The predicted molar refractivity (Wildman–Crippen MR) is 115 cm³/mol. The minimum atomic E-state index is -0.354. The molecular weight excluding hydrogens is 364 g/mol. The van der Waals surface area contributed by atoms with Gasteiger partial charge in [0.05, 0.1) is 13.7 Å². The number of benzene rings is 2. The van der Waals surface area contributed by atoms with E-state index in [0.717, 1.165) is 30.3 Å². The minimum absolute atomic E-state index is 0.0101. The molecule has 0 amide bonds. The Bertz CT molecular complexity index is 1040. The van der Waals surface area contributed by atoms with Gasteiger partial charge < -0.3 is 20.1 Å². The number of hydrogen-bond donors (Lipinski definition) is 3. The fraction of sp³-hybridized carbons (Fsp3) is 0.292. The zero-order chi connectivity index (χ0) is 20.2. The number of H-pyrrole nitrogens is 1. The summed E-state index contributed by atoms with van der Waals surface area (Å²) in [7, 11) is 1.37. The smallest absolute Gasteiger partial charge is 0.330 e. The van der Waals surface area contributed by atoms with E-state index < -0.39 is 0 Å². The molecule has 1 aromatic heterocycles. The molecule has 0 unspecified atom stereocenters. The lowest BCUT2D eigenvalue weighted by molar-refractivity contribution is -0.134. The molecule has 0 radical (unpaired) electrons. The Balaban J connectivity index is 1.46. The molecule has 5 nitrogen and oxygen atoms in total. The lowest BCUT2D eigenvalue weighted by atomic mass is 10.0. The molecular formula is C24H26N2O3. The number of para-hydroxylation sites is 1. The van der Waals surface area contributed by atoms with Gasteiger partial charge in [-0.05, 0) is 53.7 Å². The van der Waals surface area contributed by atoms with Crippen molar-refractivity contribution in [2.75, 3.05) is 13.7 Å². The topological polar surface area (TPSA) is 74.3 Å². The number of aromatic nitrogens is 1. The second-order valence-corrected chi connectivity index (χ2v) is 7.52. The first-order valence-corrected chi connectivity index (χ1v) is 9.98. The molecule has 1 aliphatic carbocycles. The molecule has 29 heavy (non-hydrogen) atoms. The molecule has 0 fully saturated rings. The predicted octanol–water partition coefficient (Wildman–Crippen LogP) is 3.53. The molecule has 150 valence electrons. The first-order chi connectivity index (χ1) is 14.2. The fourth-order valence-corrected chi connectivity index (χ4v) is 4.17. The normalized spacial score (nSPS) is 17.0. The van der Waals surface area contributed by atoms with Crippen molar-refractivity contribution >= 4 is 22.9 Å². The van der Waals surface area contributed by atoms with Gasteiger partial charge in [0.15, 0.2) is 0 Å². The van der Waals surface area contributed by atoms with Crippen LogP contribution < -0.4 is 5.32 Å². The van der Waals surface area contributed by atoms with Crippen LogP contribution in [0.25, 0.3) is 17.0 Å².